The summed E-state index contributed by atoms with van der Waals surface area (Å²) in [4.78, 5) is 15.5. The summed E-state index contributed by atoms with van der Waals surface area (Å²) in [5.74, 6) is -0.458. The van der Waals surface area contributed by atoms with Crippen LogP contribution in [-0.2, 0) is 4.79 Å². The zero-order valence-corrected chi connectivity index (χ0v) is 12.1. The van der Waals surface area contributed by atoms with E-state index in [0.29, 0.717) is 5.75 Å². The summed E-state index contributed by atoms with van der Waals surface area (Å²) >= 11 is 1.56. The first-order valence-electron chi connectivity index (χ1n) is 6.49. The minimum absolute atomic E-state index is 0.534. The maximum atomic E-state index is 11.0. The van der Waals surface area contributed by atoms with Gasteiger partial charge in [-0.1, -0.05) is 24.3 Å². The van der Waals surface area contributed by atoms with E-state index in [1.165, 1.54) is 6.92 Å². The summed E-state index contributed by atoms with van der Waals surface area (Å²) in [6.45, 7) is 1.51. The minimum Gasteiger partial charge on any atom is -0.479 e. The van der Waals surface area contributed by atoms with E-state index in [4.69, 9.17) is 9.84 Å². The third-order valence-electron chi connectivity index (χ3n) is 3.06. The van der Waals surface area contributed by atoms with Crippen molar-refractivity contribution < 1.29 is 14.6 Å². The molecule has 0 spiro atoms. The highest BCUT2D eigenvalue weighted by molar-refractivity contribution is 7.21. The summed E-state index contributed by atoms with van der Waals surface area (Å²) in [5, 5.41) is 9.80. The molecule has 0 radical (unpaired) electrons. The molecule has 0 aliphatic rings. The fourth-order valence-electron chi connectivity index (χ4n) is 1.97. The van der Waals surface area contributed by atoms with Gasteiger partial charge in [0, 0.05) is 0 Å². The number of hydrogen-bond acceptors (Lipinski definition) is 4. The van der Waals surface area contributed by atoms with Gasteiger partial charge >= 0.3 is 5.97 Å². The van der Waals surface area contributed by atoms with Crippen LogP contribution in [0.2, 0.25) is 0 Å². The molecule has 0 unspecified atom stereocenters. The summed E-state index contributed by atoms with van der Waals surface area (Å²) in [6.07, 6.45) is -0.902. The Balaban J connectivity index is 2.03. The highest BCUT2D eigenvalue weighted by Crippen LogP contribution is 2.35. The van der Waals surface area contributed by atoms with Gasteiger partial charge in [-0.2, -0.15) is 0 Å². The molecule has 21 heavy (non-hydrogen) atoms. The molecule has 5 heteroatoms. The Labute approximate surface area is 125 Å². The molecular formula is C16H13NO3S. The van der Waals surface area contributed by atoms with Crippen molar-refractivity contribution >= 4 is 27.5 Å². The average molecular weight is 299 g/mol. The van der Waals surface area contributed by atoms with Crippen molar-refractivity contribution in [2.45, 2.75) is 13.0 Å². The molecular weight excluding hydrogens is 286 g/mol. The van der Waals surface area contributed by atoms with Gasteiger partial charge < -0.3 is 9.84 Å². The number of ether oxygens (including phenoxy) is 1. The van der Waals surface area contributed by atoms with Crippen LogP contribution in [0.3, 0.4) is 0 Å². The molecule has 4 nitrogen and oxygen atoms in total. The van der Waals surface area contributed by atoms with Gasteiger partial charge in [-0.25, -0.2) is 9.78 Å². The molecule has 0 bridgehead atoms. The van der Waals surface area contributed by atoms with Crippen LogP contribution in [0.1, 0.15) is 6.92 Å². The highest BCUT2D eigenvalue weighted by Gasteiger charge is 2.17. The molecule has 0 fully saturated rings. The van der Waals surface area contributed by atoms with E-state index < -0.39 is 12.1 Å². The summed E-state index contributed by atoms with van der Waals surface area (Å²) < 4.78 is 6.62. The third-order valence-corrected chi connectivity index (χ3v) is 4.13. The Bertz CT molecular complexity index is 764. The van der Waals surface area contributed by atoms with Crippen molar-refractivity contribution in [2.75, 3.05) is 0 Å². The van der Waals surface area contributed by atoms with E-state index in [9.17, 15) is 4.79 Å². The van der Waals surface area contributed by atoms with E-state index >= 15 is 0 Å². The molecule has 3 aromatic rings. The fourth-order valence-corrected chi connectivity index (χ4v) is 2.97. The van der Waals surface area contributed by atoms with Crippen LogP contribution in [-0.4, -0.2) is 22.2 Å². The molecule has 106 valence electrons. The first kappa shape index (κ1) is 13.6. The van der Waals surface area contributed by atoms with Crippen LogP contribution in [0, 0.1) is 0 Å². The predicted octanol–water partition coefficient (Wildman–Crippen LogP) is 3.82. The maximum Gasteiger partial charge on any atom is 0.344 e. The number of carbonyl (C=O) groups is 1. The third kappa shape index (κ3) is 2.73. The van der Waals surface area contributed by atoms with Gasteiger partial charge in [0.1, 0.15) is 10.8 Å². The Kier molecular flexibility index (Phi) is 3.58. The lowest BCUT2D eigenvalue weighted by Crippen LogP contribution is -2.23. The fraction of sp³-hybridized carbons (Fsp3) is 0.125. The Morgan fingerprint density at radius 2 is 1.90 bits per heavy atom. The number of aromatic nitrogens is 1. The van der Waals surface area contributed by atoms with Crippen molar-refractivity contribution in [1.82, 2.24) is 4.98 Å². The van der Waals surface area contributed by atoms with Crippen LogP contribution >= 0.6 is 11.3 Å². The zero-order valence-electron chi connectivity index (χ0n) is 11.3. The number of carboxylic acids is 1. The van der Waals surface area contributed by atoms with Gasteiger partial charge in [-0.3, -0.25) is 0 Å². The number of benzene rings is 2. The maximum absolute atomic E-state index is 11.0. The van der Waals surface area contributed by atoms with E-state index in [0.717, 1.165) is 20.8 Å². The van der Waals surface area contributed by atoms with Gasteiger partial charge in [0.15, 0.2) is 6.10 Å². The van der Waals surface area contributed by atoms with Crippen molar-refractivity contribution in [3.05, 3.63) is 48.5 Å². The largest absolute Gasteiger partial charge is 0.479 e. The van der Waals surface area contributed by atoms with Crippen LogP contribution < -0.4 is 4.74 Å². The van der Waals surface area contributed by atoms with Crippen molar-refractivity contribution in [3.8, 4) is 16.3 Å². The molecule has 1 atom stereocenters. The molecule has 3 rings (SSSR count). The predicted molar refractivity (Wildman–Crippen MR) is 82.8 cm³/mol. The van der Waals surface area contributed by atoms with Crippen LogP contribution in [0.4, 0.5) is 0 Å². The summed E-state index contributed by atoms with van der Waals surface area (Å²) in [6, 6.07) is 15.3. The van der Waals surface area contributed by atoms with E-state index in [-0.39, 0.29) is 0 Å². The summed E-state index contributed by atoms with van der Waals surface area (Å²) in [7, 11) is 0. The highest BCUT2D eigenvalue weighted by atomic mass is 32.1. The summed E-state index contributed by atoms with van der Waals surface area (Å²) in [5.41, 5.74) is 1.74. The first-order chi connectivity index (χ1) is 10.1. The smallest absolute Gasteiger partial charge is 0.344 e. The van der Waals surface area contributed by atoms with Gasteiger partial charge in [-0.15, -0.1) is 11.3 Å². The van der Waals surface area contributed by atoms with Crippen molar-refractivity contribution in [1.29, 1.82) is 0 Å². The normalized spacial score (nSPS) is 12.2. The Hall–Kier alpha value is -2.40. The monoisotopic (exact) mass is 299 g/mol. The second-order valence-electron chi connectivity index (χ2n) is 4.58. The lowest BCUT2D eigenvalue weighted by atomic mass is 10.2. The topological polar surface area (TPSA) is 59.4 Å². The first-order valence-corrected chi connectivity index (χ1v) is 7.31. The van der Waals surface area contributed by atoms with Crippen molar-refractivity contribution in [2.24, 2.45) is 0 Å². The lowest BCUT2D eigenvalue weighted by molar-refractivity contribution is -0.144. The SMILES string of the molecule is C[C@H](Oc1ccccc1-c1nc2ccccc2s1)C(=O)O. The van der Waals surface area contributed by atoms with Crippen LogP contribution in [0.15, 0.2) is 48.5 Å². The number of hydrogen-bond donors (Lipinski definition) is 1. The number of carboxylic acid groups (broad SMARTS) is 1. The Morgan fingerprint density at radius 3 is 2.67 bits per heavy atom. The molecule has 2 aromatic carbocycles. The molecule has 0 aliphatic heterocycles. The second-order valence-corrected chi connectivity index (χ2v) is 5.61. The molecule has 1 heterocycles. The number of rotatable bonds is 4. The zero-order chi connectivity index (χ0) is 14.8. The van der Waals surface area contributed by atoms with Crippen LogP contribution in [0.5, 0.6) is 5.75 Å². The van der Waals surface area contributed by atoms with Crippen molar-refractivity contribution in [3.63, 3.8) is 0 Å². The molecule has 0 saturated heterocycles. The lowest BCUT2D eigenvalue weighted by Gasteiger charge is -2.12. The number of nitrogens with zero attached hydrogens (tertiary/aromatic N) is 1. The van der Waals surface area contributed by atoms with E-state index in [2.05, 4.69) is 4.98 Å². The van der Waals surface area contributed by atoms with Gasteiger partial charge in [0.2, 0.25) is 0 Å². The molecule has 0 aliphatic carbocycles. The molecule has 1 N–H and O–H groups in total. The molecule has 0 amide bonds. The number of fused-ring (bicyclic) bond motifs is 1. The minimum atomic E-state index is -0.992. The van der Waals surface area contributed by atoms with Gasteiger partial charge in [-0.05, 0) is 31.2 Å². The molecule has 0 saturated carbocycles. The number of aliphatic carboxylic acids is 1. The standard InChI is InChI=1S/C16H13NO3S/c1-10(16(18)19)20-13-8-4-2-6-11(13)15-17-12-7-3-5-9-14(12)21-15/h2-10H,1H3,(H,18,19)/t10-/m0/s1. The number of para-hydroxylation sites is 2. The average Bonchev–Trinajstić information content (AvgIpc) is 2.91. The van der Waals surface area contributed by atoms with Crippen LogP contribution in [0.25, 0.3) is 20.8 Å². The molecule has 1 aromatic heterocycles. The second kappa shape index (κ2) is 5.54. The Morgan fingerprint density at radius 1 is 1.19 bits per heavy atom. The number of thiazole rings is 1. The van der Waals surface area contributed by atoms with Gasteiger partial charge in [0.25, 0.3) is 0 Å². The van der Waals surface area contributed by atoms with Gasteiger partial charge in [0.05, 0.1) is 15.8 Å². The van der Waals surface area contributed by atoms with E-state index in [1.807, 2.05) is 42.5 Å². The quantitative estimate of drug-likeness (QED) is 0.795. The van der Waals surface area contributed by atoms with E-state index in [1.54, 1.807) is 17.4 Å².